The van der Waals surface area contributed by atoms with Crippen molar-refractivity contribution in [1.82, 2.24) is 15.0 Å². The largest absolute Gasteiger partial charge is 0.309 e. The molecule has 0 atom stereocenters. The van der Waals surface area contributed by atoms with E-state index >= 15 is 0 Å². The number of hydrogen-bond acceptors (Lipinski definition) is 6. The molecule has 0 spiro atoms. The highest BCUT2D eigenvalue weighted by Crippen LogP contribution is 2.31. The average Bonchev–Trinajstić information content (AvgIpc) is 2.99. The molecule has 0 bridgehead atoms. The number of pyridine rings is 1. The van der Waals surface area contributed by atoms with E-state index in [1.807, 2.05) is 0 Å². The number of thiophene rings is 1. The third kappa shape index (κ3) is 3.97. The molecule has 9 heteroatoms. The Kier molecular flexibility index (Phi) is 5.55. The van der Waals surface area contributed by atoms with E-state index in [2.05, 4.69) is 33.3 Å². The minimum Gasteiger partial charge on any atom is -0.309 e. The Balaban J connectivity index is 1.69. The fraction of sp³-hybridized carbons (Fsp3) is 0.200. The molecular weight excluding hydrogens is 387 g/mol. The normalized spacial score (nSPS) is 11.0. The molecule has 1 amide bonds. The maximum absolute atomic E-state index is 12.1. The summed E-state index contributed by atoms with van der Waals surface area (Å²) in [7, 11) is 0. The van der Waals surface area contributed by atoms with Gasteiger partial charge in [0, 0.05) is 16.5 Å². The number of amides is 1. The third-order valence-electron chi connectivity index (χ3n) is 3.10. The zero-order chi connectivity index (χ0) is 17.1. The van der Waals surface area contributed by atoms with Crippen LogP contribution in [0.1, 0.15) is 11.8 Å². The number of carbonyl (C=O) groups excluding carboxylic acids is 1. The molecule has 0 aliphatic rings. The third-order valence-corrected chi connectivity index (χ3v) is 5.79. The van der Waals surface area contributed by atoms with Gasteiger partial charge in [-0.25, -0.2) is 15.0 Å². The van der Waals surface area contributed by atoms with Crippen molar-refractivity contribution in [3.8, 4) is 0 Å². The Morgan fingerprint density at radius 2 is 2.12 bits per heavy atom. The van der Waals surface area contributed by atoms with Crippen LogP contribution in [0.15, 0.2) is 29.7 Å². The number of thioether (sulfide) groups is 1. The number of nitrogens with zero attached hydrogens (tertiary/aromatic N) is 3. The first-order chi connectivity index (χ1) is 11.6. The van der Waals surface area contributed by atoms with E-state index in [0.29, 0.717) is 15.9 Å². The predicted molar refractivity (Wildman–Crippen MR) is 100 cm³/mol. The molecule has 0 saturated carbocycles. The summed E-state index contributed by atoms with van der Waals surface area (Å²) in [5.41, 5.74) is 0. The molecule has 0 aliphatic heterocycles. The van der Waals surface area contributed by atoms with Crippen molar-refractivity contribution in [1.29, 1.82) is 0 Å². The van der Waals surface area contributed by atoms with Gasteiger partial charge in [0.25, 0.3) is 0 Å². The summed E-state index contributed by atoms with van der Waals surface area (Å²) in [5.74, 6) is 0.280. The Bertz CT molecular complexity index is 900. The lowest BCUT2D eigenvalue weighted by Crippen LogP contribution is -2.15. The van der Waals surface area contributed by atoms with E-state index in [0.717, 1.165) is 21.7 Å². The van der Waals surface area contributed by atoms with Crippen molar-refractivity contribution in [2.24, 2.45) is 0 Å². The number of fused-ring (bicyclic) bond motifs is 1. The molecule has 1 N–H and O–H groups in total. The zero-order valence-electron chi connectivity index (χ0n) is 12.5. The van der Waals surface area contributed by atoms with E-state index in [1.165, 1.54) is 35.2 Å². The first-order valence-corrected chi connectivity index (χ1v) is 9.59. The molecule has 24 heavy (non-hydrogen) atoms. The van der Waals surface area contributed by atoms with Gasteiger partial charge in [-0.15, -0.1) is 11.3 Å². The van der Waals surface area contributed by atoms with Crippen molar-refractivity contribution < 1.29 is 4.79 Å². The number of rotatable bonds is 5. The second kappa shape index (κ2) is 7.65. The molecule has 0 unspecified atom stereocenters. The standard InChI is InChI=1S/C15H12Cl2N4OS2/c1-2-9-4-10-14(19-7-20-15(10)24-9)23-6-12(22)21-13-11(17)3-8(16)5-18-13/h3-5,7H,2,6H2,1H3,(H,18,21,22). The number of aromatic nitrogens is 3. The van der Waals surface area contributed by atoms with Crippen LogP contribution in [0.25, 0.3) is 10.2 Å². The maximum atomic E-state index is 12.1. The van der Waals surface area contributed by atoms with Crippen LogP contribution in [0.4, 0.5) is 5.82 Å². The lowest BCUT2D eigenvalue weighted by molar-refractivity contribution is -0.113. The molecule has 0 saturated heterocycles. The molecule has 124 valence electrons. The number of carbonyl (C=O) groups is 1. The molecule has 5 nitrogen and oxygen atoms in total. The average molecular weight is 399 g/mol. The van der Waals surface area contributed by atoms with Crippen LogP contribution in [0.3, 0.4) is 0 Å². The van der Waals surface area contributed by atoms with Crippen LogP contribution in [0, 0.1) is 0 Å². The molecule has 0 aromatic carbocycles. The van der Waals surface area contributed by atoms with Gasteiger partial charge >= 0.3 is 0 Å². The minimum absolute atomic E-state index is 0.198. The van der Waals surface area contributed by atoms with Gasteiger partial charge in [-0.2, -0.15) is 0 Å². The fourth-order valence-corrected chi connectivity index (χ4v) is 4.18. The molecule has 3 heterocycles. The van der Waals surface area contributed by atoms with Gasteiger partial charge in [0.05, 0.1) is 15.8 Å². The van der Waals surface area contributed by atoms with Gasteiger partial charge in [-0.05, 0) is 18.6 Å². The number of nitrogens with one attached hydrogen (secondary N) is 1. The van der Waals surface area contributed by atoms with Gasteiger partial charge in [-0.3, -0.25) is 4.79 Å². The van der Waals surface area contributed by atoms with Gasteiger partial charge in [-0.1, -0.05) is 41.9 Å². The van der Waals surface area contributed by atoms with Crippen molar-refractivity contribution in [2.45, 2.75) is 18.4 Å². The fourth-order valence-electron chi connectivity index (χ4n) is 1.98. The summed E-state index contributed by atoms with van der Waals surface area (Å²) < 4.78 is 0. The number of hydrogen-bond donors (Lipinski definition) is 1. The topological polar surface area (TPSA) is 67.8 Å². The molecule has 3 aromatic heterocycles. The van der Waals surface area contributed by atoms with E-state index < -0.39 is 0 Å². The molecule has 0 fully saturated rings. The highest BCUT2D eigenvalue weighted by molar-refractivity contribution is 8.00. The monoisotopic (exact) mass is 398 g/mol. The Morgan fingerprint density at radius 1 is 1.29 bits per heavy atom. The Hall–Kier alpha value is -1.41. The minimum atomic E-state index is -0.213. The summed E-state index contributed by atoms with van der Waals surface area (Å²) in [6.45, 7) is 2.10. The summed E-state index contributed by atoms with van der Waals surface area (Å²) in [6, 6.07) is 3.61. The molecule has 3 rings (SSSR count). The second-order valence-electron chi connectivity index (χ2n) is 4.78. The Labute approximate surface area is 156 Å². The second-order valence-corrected chi connectivity index (χ2v) is 7.71. The lowest BCUT2D eigenvalue weighted by Gasteiger charge is -2.06. The van der Waals surface area contributed by atoms with Crippen molar-refractivity contribution in [3.63, 3.8) is 0 Å². The smallest absolute Gasteiger partial charge is 0.235 e. The zero-order valence-corrected chi connectivity index (χ0v) is 15.7. The SMILES string of the molecule is CCc1cc2c(SCC(=O)Nc3ncc(Cl)cc3Cl)ncnc2s1. The molecular formula is C15H12Cl2N4OS2. The van der Waals surface area contributed by atoms with E-state index in [9.17, 15) is 4.79 Å². The van der Waals surface area contributed by atoms with Gasteiger partial charge in [0.1, 0.15) is 16.2 Å². The van der Waals surface area contributed by atoms with Crippen LogP contribution in [0.5, 0.6) is 0 Å². The van der Waals surface area contributed by atoms with Crippen LogP contribution >= 0.6 is 46.3 Å². The molecule has 3 aromatic rings. The Morgan fingerprint density at radius 3 is 2.88 bits per heavy atom. The lowest BCUT2D eigenvalue weighted by atomic mass is 10.3. The van der Waals surface area contributed by atoms with Crippen LogP contribution in [-0.4, -0.2) is 26.6 Å². The van der Waals surface area contributed by atoms with Gasteiger partial charge < -0.3 is 5.32 Å². The van der Waals surface area contributed by atoms with Crippen LogP contribution < -0.4 is 5.32 Å². The summed E-state index contributed by atoms with van der Waals surface area (Å²) >= 11 is 14.8. The summed E-state index contributed by atoms with van der Waals surface area (Å²) in [4.78, 5) is 26.9. The number of anilines is 1. The van der Waals surface area contributed by atoms with Crippen molar-refractivity contribution in [2.75, 3.05) is 11.1 Å². The first-order valence-electron chi connectivity index (χ1n) is 7.04. The maximum Gasteiger partial charge on any atom is 0.235 e. The number of aryl methyl sites for hydroxylation is 1. The van der Waals surface area contributed by atoms with E-state index in [4.69, 9.17) is 23.2 Å². The molecule has 0 radical (unpaired) electrons. The van der Waals surface area contributed by atoms with Gasteiger partial charge in [0.2, 0.25) is 5.91 Å². The quantitative estimate of drug-likeness (QED) is 0.498. The van der Waals surface area contributed by atoms with E-state index in [1.54, 1.807) is 11.3 Å². The van der Waals surface area contributed by atoms with Crippen molar-refractivity contribution in [3.05, 3.63) is 39.6 Å². The van der Waals surface area contributed by atoms with Crippen LogP contribution in [-0.2, 0) is 11.2 Å². The van der Waals surface area contributed by atoms with Crippen molar-refractivity contribution >= 4 is 68.2 Å². The predicted octanol–water partition coefficient (Wildman–Crippen LogP) is 4.69. The highest BCUT2D eigenvalue weighted by atomic mass is 35.5. The van der Waals surface area contributed by atoms with Gasteiger partial charge in [0.15, 0.2) is 5.82 Å². The number of halogens is 2. The highest BCUT2D eigenvalue weighted by Gasteiger charge is 2.12. The van der Waals surface area contributed by atoms with E-state index in [-0.39, 0.29) is 11.7 Å². The first kappa shape index (κ1) is 17.4. The molecule has 0 aliphatic carbocycles. The summed E-state index contributed by atoms with van der Waals surface area (Å²) in [6.07, 6.45) is 3.91. The van der Waals surface area contributed by atoms with Crippen LogP contribution in [0.2, 0.25) is 10.0 Å². The summed E-state index contributed by atoms with van der Waals surface area (Å²) in [5, 5.41) is 5.17.